The third-order valence-corrected chi connectivity index (χ3v) is 1.53. The summed E-state index contributed by atoms with van der Waals surface area (Å²) in [5, 5.41) is 0. The van der Waals surface area contributed by atoms with Crippen LogP contribution in [0.15, 0.2) is 29.2 Å². The van der Waals surface area contributed by atoms with Crippen molar-refractivity contribution in [3.05, 3.63) is 29.8 Å². The fraction of sp³-hybridized carbons (Fsp3) is 0.200. The van der Waals surface area contributed by atoms with Gasteiger partial charge in [-0.3, -0.25) is 0 Å². The highest BCUT2D eigenvalue weighted by Gasteiger charge is 1.85. The van der Waals surface area contributed by atoms with E-state index >= 15 is 0 Å². The maximum absolute atomic E-state index is 4.21. The van der Waals surface area contributed by atoms with Crippen molar-refractivity contribution in [2.75, 3.05) is 0 Å². The van der Waals surface area contributed by atoms with Crippen LogP contribution in [0.4, 0.5) is 0 Å². The number of benzene rings is 1. The predicted molar refractivity (Wildman–Crippen MR) is 50.9 cm³/mol. The van der Waals surface area contributed by atoms with Crippen molar-refractivity contribution in [2.24, 2.45) is 0 Å². The summed E-state index contributed by atoms with van der Waals surface area (Å²) in [4.78, 5) is 0.966. The molecule has 0 saturated carbocycles. The van der Waals surface area contributed by atoms with Crippen LogP contribution in [0, 0.1) is 11.8 Å². The molecular formula is C10H10S. The quantitative estimate of drug-likeness (QED) is 0.440. The zero-order chi connectivity index (χ0) is 8.10. The first-order valence-electron chi connectivity index (χ1n) is 3.61. The summed E-state index contributed by atoms with van der Waals surface area (Å²) in [5.74, 6) is 6.04. The van der Waals surface area contributed by atoms with Gasteiger partial charge in [-0.25, -0.2) is 0 Å². The van der Waals surface area contributed by atoms with Gasteiger partial charge in [-0.05, 0) is 18.2 Å². The van der Waals surface area contributed by atoms with Crippen LogP contribution in [-0.4, -0.2) is 0 Å². The van der Waals surface area contributed by atoms with Crippen LogP contribution >= 0.6 is 12.6 Å². The third kappa shape index (κ3) is 2.69. The molecule has 1 heteroatoms. The highest BCUT2D eigenvalue weighted by atomic mass is 32.1. The Morgan fingerprint density at radius 2 is 2.27 bits per heavy atom. The highest BCUT2D eigenvalue weighted by molar-refractivity contribution is 7.80. The summed E-state index contributed by atoms with van der Waals surface area (Å²) in [6, 6.07) is 7.86. The summed E-state index contributed by atoms with van der Waals surface area (Å²) >= 11 is 4.21. The van der Waals surface area contributed by atoms with Crippen molar-refractivity contribution >= 4 is 12.6 Å². The van der Waals surface area contributed by atoms with Gasteiger partial charge >= 0.3 is 0 Å². The van der Waals surface area contributed by atoms with Gasteiger partial charge in [0.05, 0.1) is 0 Å². The van der Waals surface area contributed by atoms with Crippen molar-refractivity contribution in [2.45, 2.75) is 18.2 Å². The molecule has 1 aromatic rings. The molecule has 0 heterocycles. The number of thiol groups is 1. The molecule has 0 fully saturated rings. The minimum atomic E-state index is 0.900. The molecule has 0 aliphatic heterocycles. The smallest absolute Gasteiger partial charge is 0.0256 e. The molecule has 0 unspecified atom stereocenters. The summed E-state index contributed by atoms with van der Waals surface area (Å²) in [7, 11) is 0. The Bertz CT molecular complexity index is 291. The van der Waals surface area contributed by atoms with Crippen LogP contribution in [0.2, 0.25) is 0 Å². The molecule has 11 heavy (non-hydrogen) atoms. The second-order valence-corrected chi connectivity index (χ2v) is 2.72. The lowest BCUT2D eigenvalue weighted by atomic mass is 10.2. The maximum Gasteiger partial charge on any atom is 0.0256 e. The molecule has 0 saturated heterocycles. The minimum Gasteiger partial charge on any atom is -0.143 e. The molecule has 0 spiro atoms. The molecule has 0 aliphatic rings. The maximum atomic E-state index is 4.21. The molecule has 1 rings (SSSR count). The van der Waals surface area contributed by atoms with E-state index in [0.717, 1.165) is 16.9 Å². The van der Waals surface area contributed by atoms with Crippen LogP contribution in [0.25, 0.3) is 0 Å². The molecular weight excluding hydrogens is 152 g/mol. The van der Waals surface area contributed by atoms with Crippen LogP contribution in [0.1, 0.15) is 18.9 Å². The molecule has 0 N–H and O–H groups in total. The zero-order valence-corrected chi connectivity index (χ0v) is 7.36. The number of hydrogen-bond acceptors (Lipinski definition) is 1. The standard InChI is InChI=1S/C10H10S/c1-2-3-5-9-6-4-7-10(11)8-9/h4,6-8,11H,2H2,1H3. The normalized spacial score (nSPS) is 8.55. The Hall–Kier alpha value is -0.870. The molecule has 0 aromatic heterocycles. The molecule has 56 valence electrons. The van der Waals surface area contributed by atoms with Crippen molar-refractivity contribution in [3.63, 3.8) is 0 Å². The first-order chi connectivity index (χ1) is 5.33. The molecule has 0 nitrogen and oxygen atoms in total. The van der Waals surface area contributed by atoms with Crippen LogP contribution in [0.3, 0.4) is 0 Å². The number of hydrogen-bond donors (Lipinski definition) is 1. The lowest BCUT2D eigenvalue weighted by Gasteiger charge is -1.90. The van der Waals surface area contributed by atoms with Gasteiger partial charge < -0.3 is 0 Å². The minimum absolute atomic E-state index is 0.900. The van der Waals surface area contributed by atoms with Gasteiger partial charge in [-0.2, -0.15) is 0 Å². The first kappa shape index (κ1) is 8.23. The van der Waals surface area contributed by atoms with Gasteiger partial charge in [-0.15, -0.1) is 12.6 Å². The molecule has 0 amide bonds. The lowest BCUT2D eigenvalue weighted by molar-refractivity contribution is 1.28. The number of rotatable bonds is 0. The largest absolute Gasteiger partial charge is 0.143 e. The van der Waals surface area contributed by atoms with Gasteiger partial charge in [0.2, 0.25) is 0 Å². The van der Waals surface area contributed by atoms with Crippen LogP contribution < -0.4 is 0 Å². The second kappa shape index (κ2) is 4.10. The fourth-order valence-electron chi connectivity index (χ4n) is 0.774. The monoisotopic (exact) mass is 162 g/mol. The van der Waals surface area contributed by atoms with E-state index in [0.29, 0.717) is 0 Å². The van der Waals surface area contributed by atoms with Crippen molar-refractivity contribution < 1.29 is 0 Å². The van der Waals surface area contributed by atoms with Crippen molar-refractivity contribution in [3.8, 4) is 11.8 Å². The first-order valence-corrected chi connectivity index (χ1v) is 4.05. The van der Waals surface area contributed by atoms with E-state index in [-0.39, 0.29) is 0 Å². The SMILES string of the molecule is CCC#Cc1cccc(S)c1. The van der Waals surface area contributed by atoms with Crippen molar-refractivity contribution in [1.29, 1.82) is 0 Å². The van der Waals surface area contributed by atoms with Gasteiger partial charge in [-0.1, -0.05) is 24.8 Å². The van der Waals surface area contributed by atoms with E-state index in [1.54, 1.807) is 0 Å². The Morgan fingerprint density at radius 1 is 1.45 bits per heavy atom. The fourth-order valence-corrected chi connectivity index (χ4v) is 0.999. The summed E-state index contributed by atoms with van der Waals surface area (Å²) in [6.07, 6.45) is 0.900. The Balaban J connectivity index is 2.87. The summed E-state index contributed by atoms with van der Waals surface area (Å²) in [5.41, 5.74) is 1.04. The zero-order valence-electron chi connectivity index (χ0n) is 6.46. The third-order valence-electron chi connectivity index (χ3n) is 1.26. The molecule has 0 bridgehead atoms. The van der Waals surface area contributed by atoms with E-state index in [1.807, 2.05) is 31.2 Å². The Labute approximate surface area is 73.0 Å². The van der Waals surface area contributed by atoms with E-state index in [1.165, 1.54) is 0 Å². The molecule has 0 atom stereocenters. The highest BCUT2D eigenvalue weighted by Crippen LogP contribution is 2.07. The van der Waals surface area contributed by atoms with Crippen LogP contribution in [0.5, 0.6) is 0 Å². The van der Waals surface area contributed by atoms with E-state index < -0.39 is 0 Å². The van der Waals surface area contributed by atoms with Gasteiger partial charge in [0.1, 0.15) is 0 Å². The summed E-state index contributed by atoms with van der Waals surface area (Å²) in [6.45, 7) is 2.04. The van der Waals surface area contributed by atoms with Gasteiger partial charge in [0, 0.05) is 16.9 Å². The Kier molecular flexibility index (Phi) is 3.07. The average Bonchev–Trinajstić information content (AvgIpc) is 2.01. The van der Waals surface area contributed by atoms with E-state index in [4.69, 9.17) is 0 Å². The second-order valence-electron chi connectivity index (χ2n) is 2.21. The van der Waals surface area contributed by atoms with Gasteiger partial charge in [0.15, 0.2) is 0 Å². The lowest BCUT2D eigenvalue weighted by Crippen LogP contribution is -1.72. The van der Waals surface area contributed by atoms with Gasteiger partial charge in [0.25, 0.3) is 0 Å². The molecule has 0 radical (unpaired) electrons. The molecule has 0 aliphatic carbocycles. The summed E-state index contributed by atoms with van der Waals surface area (Å²) < 4.78 is 0. The predicted octanol–water partition coefficient (Wildman–Crippen LogP) is 2.74. The van der Waals surface area contributed by atoms with E-state index in [2.05, 4.69) is 24.5 Å². The molecule has 1 aromatic carbocycles. The Morgan fingerprint density at radius 3 is 2.91 bits per heavy atom. The van der Waals surface area contributed by atoms with Crippen molar-refractivity contribution in [1.82, 2.24) is 0 Å². The average molecular weight is 162 g/mol. The van der Waals surface area contributed by atoms with Crippen LogP contribution in [-0.2, 0) is 0 Å². The topological polar surface area (TPSA) is 0 Å². The van der Waals surface area contributed by atoms with E-state index in [9.17, 15) is 0 Å².